The molecule has 2 aromatic rings. The van der Waals surface area contributed by atoms with Crippen LogP contribution in [0.5, 0.6) is 0 Å². The highest BCUT2D eigenvalue weighted by Crippen LogP contribution is 2.30. The molecule has 0 radical (unpaired) electrons. The minimum Gasteiger partial charge on any atom is -0.364 e. The molecule has 130 valence electrons. The fourth-order valence-electron chi connectivity index (χ4n) is 2.76. The summed E-state index contributed by atoms with van der Waals surface area (Å²) in [5.74, 6) is 1.18. The van der Waals surface area contributed by atoms with E-state index in [9.17, 15) is 8.42 Å². The molecule has 1 aromatic heterocycles. The number of nitrogens with two attached hydrogens (primary N) is 1. The number of sulfonamides is 1. The molecule has 7 nitrogen and oxygen atoms in total. The normalized spacial score (nSPS) is 15.4. The van der Waals surface area contributed by atoms with Gasteiger partial charge in [0.25, 0.3) is 0 Å². The number of primary sulfonamides is 1. The van der Waals surface area contributed by atoms with E-state index in [1.54, 1.807) is 12.1 Å². The predicted molar refractivity (Wildman–Crippen MR) is 90.2 cm³/mol. The Kier molecular flexibility index (Phi) is 4.13. The zero-order valence-electron chi connectivity index (χ0n) is 14.1. The molecule has 0 atom stereocenters. The fraction of sp³-hybridized carbons (Fsp3) is 0.500. The second-order valence-corrected chi connectivity index (χ2v) is 8.69. The Bertz CT molecular complexity index is 852. The minimum atomic E-state index is -3.72. The van der Waals surface area contributed by atoms with Crippen LogP contribution < -0.4 is 10.0 Å². The Hall–Kier alpha value is -1.93. The van der Waals surface area contributed by atoms with Gasteiger partial charge in [-0.1, -0.05) is 32.0 Å². The number of aryl methyl sites for hydroxylation is 1. The van der Waals surface area contributed by atoms with Crippen molar-refractivity contribution in [2.75, 3.05) is 11.4 Å². The molecule has 0 fully saturated rings. The molecule has 24 heavy (non-hydrogen) atoms. The number of rotatable bonds is 3. The average molecular weight is 350 g/mol. The first-order chi connectivity index (χ1) is 11.1. The van der Waals surface area contributed by atoms with E-state index in [1.165, 1.54) is 0 Å². The lowest BCUT2D eigenvalue weighted by molar-refractivity contribution is 0.318. The highest BCUT2D eigenvalue weighted by atomic mass is 32.2. The van der Waals surface area contributed by atoms with E-state index in [1.807, 2.05) is 26.8 Å². The van der Waals surface area contributed by atoms with Crippen molar-refractivity contribution in [2.45, 2.75) is 50.5 Å². The number of hydrogen-bond acceptors (Lipinski definition) is 6. The standard InChI is InChI=1S/C16H22N4O3S/c1-16(2,3)15-18-14(19-23-15)10-20-8-4-5-11-6-7-12(9-13(11)20)24(17,21)22/h6-7,9H,4-5,8,10H2,1-3H3,(H2,17,21,22). The second-order valence-electron chi connectivity index (χ2n) is 7.13. The van der Waals surface area contributed by atoms with Crippen LogP contribution in [0.3, 0.4) is 0 Å². The SMILES string of the molecule is CC(C)(C)c1nc(CN2CCCc3ccc(S(N)(=O)=O)cc32)no1. The molecule has 0 aliphatic carbocycles. The van der Waals surface area contributed by atoms with Crippen LogP contribution >= 0.6 is 0 Å². The third-order valence-corrected chi connectivity index (χ3v) is 4.95. The van der Waals surface area contributed by atoms with Gasteiger partial charge in [-0.3, -0.25) is 0 Å². The van der Waals surface area contributed by atoms with Gasteiger partial charge in [-0.2, -0.15) is 4.98 Å². The molecule has 1 aromatic carbocycles. The number of hydrogen-bond donors (Lipinski definition) is 1. The van der Waals surface area contributed by atoms with Gasteiger partial charge >= 0.3 is 0 Å². The van der Waals surface area contributed by atoms with Gasteiger partial charge in [0.1, 0.15) is 0 Å². The Morgan fingerprint density at radius 2 is 2.08 bits per heavy atom. The van der Waals surface area contributed by atoms with Crippen LogP contribution in [-0.2, 0) is 28.4 Å². The molecule has 0 saturated carbocycles. The van der Waals surface area contributed by atoms with Crippen molar-refractivity contribution in [3.63, 3.8) is 0 Å². The van der Waals surface area contributed by atoms with Gasteiger partial charge in [-0.25, -0.2) is 13.6 Å². The first-order valence-electron chi connectivity index (χ1n) is 7.88. The molecule has 3 rings (SSSR count). The third kappa shape index (κ3) is 3.44. The molecule has 8 heteroatoms. The van der Waals surface area contributed by atoms with Gasteiger partial charge in [0.05, 0.1) is 11.4 Å². The molecule has 0 unspecified atom stereocenters. The van der Waals surface area contributed by atoms with Crippen molar-refractivity contribution in [1.82, 2.24) is 10.1 Å². The van der Waals surface area contributed by atoms with Crippen molar-refractivity contribution in [1.29, 1.82) is 0 Å². The highest BCUT2D eigenvalue weighted by molar-refractivity contribution is 7.89. The van der Waals surface area contributed by atoms with E-state index in [0.717, 1.165) is 30.6 Å². The van der Waals surface area contributed by atoms with Crippen molar-refractivity contribution >= 4 is 15.7 Å². The van der Waals surface area contributed by atoms with Gasteiger partial charge in [0.2, 0.25) is 15.9 Å². The second kappa shape index (κ2) is 5.86. The number of fused-ring (bicyclic) bond motifs is 1. The van der Waals surface area contributed by atoms with E-state index in [0.29, 0.717) is 18.3 Å². The summed E-state index contributed by atoms with van der Waals surface area (Å²) < 4.78 is 28.6. The van der Waals surface area contributed by atoms with E-state index in [2.05, 4.69) is 15.0 Å². The van der Waals surface area contributed by atoms with Crippen LogP contribution in [0.25, 0.3) is 0 Å². The summed E-state index contributed by atoms with van der Waals surface area (Å²) in [6.45, 7) is 7.32. The third-order valence-electron chi connectivity index (χ3n) is 4.04. The molecule has 0 bridgehead atoms. The first-order valence-corrected chi connectivity index (χ1v) is 9.43. The molecule has 0 saturated heterocycles. The summed E-state index contributed by atoms with van der Waals surface area (Å²) in [5, 5.41) is 9.30. The Balaban J connectivity index is 1.90. The summed E-state index contributed by atoms with van der Waals surface area (Å²) in [6.07, 6.45) is 1.90. The first kappa shape index (κ1) is 16.9. The maximum absolute atomic E-state index is 11.6. The smallest absolute Gasteiger partial charge is 0.238 e. The summed E-state index contributed by atoms with van der Waals surface area (Å²) in [4.78, 5) is 6.65. The van der Waals surface area contributed by atoms with Gasteiger partial charge in [-0.15, -0.1) is 0 Å². The van der Waals surface area contributed by atoms with Crippen molar-refractivity contribution in [3.8, 4) is 0 Å². The minimum absolute atomic E-state index is 0.122. The molecular weight excluding hydrogens is 328 g/mol. The van der Waals surface area contributed by atoms with Crippen LogP contribution in [0.15, 0.2) is 27.6 Å². The lowest BCUT2D eigenvalue weighted by Gasteiger charge is -2.30. The van der Waals surface area contributed by atoms with Gasteiger partial charge in [0, 0.05) is 17.6 Å². The summed E-state index contributed by atoms with van der Waals surface area (Å²) >= 11 is 0. The van der Waals surface area contributed by atoms with E-state index in [4.69, 9.17) is 9.66 Å². The van der Waals surface area contributed by atoms with E-state index >= 15 is 0 Å². The van der Waals surface area contributed by atoms with Crippen LogP contribution in [0.1, 0.15) is 44.5 Å². The summed E-state index contributed by atoms with van der Waals surface area (Å²) in [5.41, 5.74) is 1.77. The van der Waals surface area contributed by atoms with Gasteiger partial charge in [-0.05, 0) is 30.5 Å². The Morgan fingerprint density at radius 3 is 2.71 bits per heavy atom. The zero-order chi connectivity index (χ0) is 17.5. The van der Waals surface area contributed by atoms with Gasteiger partial charge < -0.3 is 9.42 Å². The van der Waals surface area contributed by atoms with Crippen LogP contribution in [-0.4, -0.2) is 25.1 Å². The molecule has 1 aliphatic rings. The number of nitrogens with zero attached hydrogens (tertiary/aromatic N) is 3. The van der Waals surface area contributed by atoms with Crippen molar-refractivity contribution < 1.29 is 12.9 Å². The zero-order valence-corrected chi connectivity index (χ0v) is 14.9. The monoisotopic (exact) mass is 350 g/mol. The fourth-order valence-corrected chi connectivity index (χ4v) is 3.30. The Morgan fingerprint density at radius 1 is 1.33 bits per heavy atom. The maximum atomic E-state index is 11.6. The number of benzene rings is 1. The Labute approximate surface area is 141 Å². The van der Waals surface area contributed by atoms with Crippen molar-refractivity contribution in [2.24, 2.45) is 5.14 Å². The average Bonchev–Trinajstić information content (AvgIpc) is 2.95. The predicted octanol–water partition coefficient (Wildman–Crippen LogP) is 1.97. The molecule has 0 amide bonds. The number of anilines is 1. The highest BCUT2D eigenvalue weighted by Gasteiger charge is 2.24. The van der Waals surface area contributed by atoms with Crippen LogP contribution in [0, 0.1) is 0 Å². The van der Waals surface area contributed by atoms with Crippen LogP contribution in [0.2, 0.25) is 0 Å². The molecule has 2 N–H and O–H groups in total. The maximum Gasteiger partial charge on any atom is 0.238 e. The van der Waals surface area contributed by atoms with E-state index < -0.39 is 10.0 Å². The van der Waals surface area contributed by atoms with Crippen LogP contribution in [0.4, 0.5) is 5.69 Å². The quantitative estimate of drug-likeness (QED) is 0.908. The topological polar surface area (TPSA) is 102 Å². The van der Waals surface area contributed by atoms with E-state index in [-0.39, 0.29) is 10.3 Å². The lowest BCUT2D eigenvalue weighted by Crippen LogP contribution is -2.29. The molecule has 0 spiro atoms. The largest absolute Gasteiger partial charge is 0.364 e. The number of aromatic nitrogens is 2. The molecule has 1 aliphatic heterocycles. The molecule has 2 heterocycles. The lowest BCUT2D eigenvalue weighted by atomic mass is 9.97. The van der Waals surface area contributed by atoms with Gasteiger partial charge in [0.15, 0.2) is 5.82 Å². The summed E-state index contributed by atoms with van der Waals surface area (Å²) in [7, 11) is -3.72. The molecular formula is C16H22N4O3S. The van der Waals surface area contributed by atoms with Crippen molar-refractivity contribution in [3.05, 3.63) is 35.5 Å². The summed E-state index contributed by atoms with van der Waals surface area (Å²) in [6, 6.07) is 5.02.